The Morgan fingerprint density at radius 1 is 0.846 bits per heavy atom. The van der Waals surface area contributed by atoms with Gasteiger partial charge in [-0.2, -0.15) is 0 Å². The first-order valence-corrected chi connectivity index (χ1v) is 21.4. The van der Waals surface area contributed by atoms with Crippen LogP contribution in [0.4, 0.5) is 4.79 Å². The van der Waals surface area contributed by atoms with Gasteiger partial charge in [0.2, 0.25) is 0 Å². The molecule has 0 atom stereocenters. The number of hydrogen-bond donors (Lipinski definition) is 1. The summed E-state index contributed by atoms with van der Waals surface area (Å²) in [6.07, 6.45) is 3.51. The van der Waals surface area contributed by atoms with Gasteiger partial charge >= 0.3 is 14.9 Å². The second-order valence-electron chi connectivity index (χ2n) is 9.21. The topological polar surface area (TPSA) is 66.0 Å². The van der Waals surface area contributed by atoms with Crippen LogP contribution < -0.4 is 5.32 Å². The molecule has 0 heterocycles. The molecule has 0 rings (SSSR count). The second kappa shape index (κ2) is 10.3. The maximum absolute atomic E-state index is 11.6. The number of ether oxygens (including phenoxy) is 1. The zero-order valence-electron chi connectivity index (χ0n) is 18.3. The van der Waals surface area contributed by atoms with Crippen molar-refractivity contribution < 1.29 is 21.9 Å². The summed E-state index contributed by atoms with van der Waals surface area (Å²) in [6, 6.07) is 0.669. The van der Waals surface area contributed by atoms with Gasteiger partial charge in [0.05, 0.1) is 6.61 Å². The van der Waals surface area contributed by atoms with Crippen LogP contribution in [0, 0.1) is 0 Å². The minimum atomic E-state index is -2.84. The first-order valence-electron chi connectivity index (χ1n) is 9.22. The van der Waals surface area contributed by atoms with Gasteiger partial charge in [0, 0.05) is 12.2 Å². The molecule has 0 fully saturated rings. The van der Waals surface area contributed by atoms with E-state index >= 15 is 0 Å². The number of carbonyl (C=O) groups is 1. The summed E-state index contributed by atoms with van der Waals surface area (Å²) in [4.78, 5) is 11.6. The molecule has 0 saturated carbocycles. The number of rotatable bonds is 11. The van der Waals surface area contributed by atoms with E-state index in [1.165, 1.54) is 0 Å². The second-order valence-corrected chi connectivity index (χ2v) is 26.2. The summed E-state index contributed by atoms with van der Waals surface area (Å²) < 4.78 is 25.0. The van der Waals surface area contributed by atoms with Crippen LogP contribution in [0.1, 0.15) is 13.3 Å². The van der Waals surface area contributed by atoms with Crippen molar-refractivity contribution in [2.75, 3.05) is 6.61 Å². The molecule has 0 aliphatic heterocycles. The van der Waals surface area contributed by atoms with Crippen LogP contribution in [-0.2, 0) is 17.1 Å². The molecule has 1 amide bonds. The molecule has 154 valence electrons. The number of nitrogens with one attached hydrogen (secondary N) is 1. The van der Waals surface area contributed by atoms with Crippen molar-refractivity contribution in [1.82, 2.24) is 5.32 Å². The molecule has 10 heteroatoms. The Bertz CT molecular complexity index is 426. The summed E-state index contributed by atoms with van der Waals surface area (Å²) in [6.45, 7) is 21.6. The standard InChI is InChI=1S/C16H39NO5Si4/c1-11-13-17-16(18)19-14-12-15-26(20-23(2,3)4,21-24(5,6)7)22-25(8,9)10/h11,13H,12,14-15H2,1-10H3,(H,17,18). The van der Waals surface area contributed by atoms with Gasteiger partial charge in [-0.15, -0.1) is 0 Å². The lowest BCUT2D eigenvalue weighted by Gasteiger charge is -2.42. The fourth-order valence-corrected chi connectivity index (χ4v) is 16.9. The average molecular weight is 438 g/mol. The molecule has 0 radical (unpaired) electrons. The molecular weight excluding hydrogens is 399 g/mol. The quantitative estimate of drug-likeness (QED) is 0.358. The van der Waals surface area contributed by atoms with Crippen LogP contribution in [0.5, 0.6) is 0 Å². The highest BCUT2D eigenvalue weighted by atomic mass is 28.5. The smallest absolute Gasteiger partial charge is 0.449 e. The van der Waals surface area contributed by atoms with Crippen molar-refractivity contribution in [3.8, 4) is 0 Å². The first kappa shape index (κ1) is 25.8. The minimum Gasteiger partial charge on any atom is -0.449 e. The third kappa shape index (κ3) is 13.9. The highest BCUT2D eigenvalue weighted by Crippen LogP contribution is 2.29. The predicted octanol–water partition coefficient (Wildman–Crippen LogP) is 5.13. The molecule has 0 spiro atoms. The number of hydrogen-bond acceptors (Lipinski definition) is 5. The van der Waals surface area contributed by atoms with Crippen LogP contribution >= 0.6 is 0 Å². The highest BCUT2D eigenvalue weighted by molar-refractivity contribution is 6.90. The van der Waals surface area contributed by atoms with E-state index in [9.17, 15) is 4.79 Å². The summed E-state index contributed by atoms with van der Waals surface area (Å²) in [5, 5.41) is 2.54. The van der Waals surface area contributed by atoms with Crippen LogP contribution in [0.15, 0.2) is 12.3 Å². The zero-order chi connectivity index (χ0) is 20.6. The van der Waals surface area contributed by atoms with E-state index in [2.05, 4.69) is 64.2 Å². The van der Waals surface area contributed by atoms with Crippen LogP contribution in [0.2, 0.25) is 65.0 Å². The maximum Gasteiger partial charge on any atom is 0.469 e. The summed E-state index contributed by atoms with van der Waals surface area (Å²) >= 11 is 0. The third-order valence-electron chi connectivity index (χ3n) is 2.61. The van der Waals surface area contributed by atoms with Gasteiger partial charge in [0.25, 0.3) is 0 Å². The van der Waals surface area contributed by atoms with E-state index in [-0.39, 0.29) is 0 Å². The van der Waals surface area contributed by atoms with Gasteiger partial charge in [0.1, 0.15) is 0 Å². The first-order chi connectivity index (χ1) is 11.6. The largest absolute Gasteiger partial charge is 0.469 e. The van der Waals surface area contributed by atoms with Gasteiger partial charge in [0.15, 0.2) is 25.0 Å². The van der Waals surface area contributed by atoms with Gasteiger partial charge in [-0.05, 0) is 72.3 Å². The molecule has 1 N–H and O–H groups in total. The Morgan fingerprint density at radius 3 is 1.62 bits per heavy atom. The lowest BCUT2D eigenvalue weighted by molar-refractivity contribution is 0.147. The number of amides is 1. The number of allylic oxidation sites excluding steroid dienone is 1. The molecule has 0 unspecified atom stereocenters. The minimum absolute atomic E-state index is 0.317. The Kier molecular flexibility index (Phi) is 10.2. The van der Waals surface area contributed by atoms with Crippen LogP contribution in [0.3, 0.4) is 0 Å². The van der Waals surface area contributed by atoms with Crippen molar-refractivity contribution in [3.05, 3.63) is 12.3 Å². The van der Waals surface area contributed by atoms with Gasteiger partial charge < -0.3 is 17.1 Å². The van der Waals surface area contributed by atoms with Crippen LogP contribution in [0.25, 0.3) is 0 Å². The van der Waals surface area contributed by atoms with Crippen molar-refractivity contribution in [3.63, 3.8) is 0 Å². The number of carbonyl (C=O) groups excluding carboxylic acids is 1. The monoisotopic (exact) mass is 437 g/mol. The van der Waals surface area contributed by atoms with E-state index < -0.39 is 39.8 Å². The molecule has 0 bridgehead atoms. The van der Waals surface area contributed by atoms with Crippen molar-refractivity contribution in [2.24, 2.45) is 0 Å². The molecule has 0 aromatic rings. The summed E-state index contributed by atoms with van der Waals surface area (Å²) in [5.41, 5.74) is 0. The molecule has 6 nitrogen and oxygen atoms in total. The predicted molar refractivity (Wildman–Crippen MR) is 118 cm³/mol. The lowest BCUT2D eigenvalue weighted by atomic mass is 10.5. The normalized spacial score (nSPS) is 13.9. The zero-order valence-corrected chi connectivity index (χ0v) is 22.3. The molecule has 0 saturated heterocycles. The van der Waals surface area contributed by atoms with E-state index in [1.807, 2.05) is 6.92 Å². The van der Waals surface area contributed by atoms with Crippen molar-refractivity contribution >= 4 is 39.8 Å². The van der Waals surface area contributed by atoms with Crippen molar-refractivity contribution in [2.45, 2.75) is 78.3 Å². The van der Waals surface area contributed by atoms with E-state index in [1.54, 1.807) is 12.3 Å². The van der Waals surface area contributed by atoms with Gasteiger partial charge in [-0.3, -0.25) is 5.32 Å². The summed E-state index contributed by atoms with van der Waals surface area (Å²) in [5.74, 6) is 0. The Hall–Kier alpha value is -0.242. The van der Waals surface area contributed by atoms with E-state index in [4.69, 9.17) is 17.1 Å². The number of alkyl carbamates (subject to hydrolysis) is 1. The Labute approximate surface area is 164 Å². The van der Waals surface area contributed by atoms with E-state index in [0.717, 1.165) is 0 Å². The highest BCUT2D eigenvalue weighted by Gasteiger charge is 2.49. The third-order valence-corrected chi connectivity index (χ3v) is 14.7. The SMILES string of the molecule is CC=CNC(=O)OCCC[Si](O[Si](C)(C)C)(O[Si](C)(C)C)O[Si](C)(C)C. The van der Waals surface area contributed by atoms with E-state index in [0.29, 0.717) is 19.1 Å². The van der Waals surface area contributed by atoms with Crippen molar-refractivity contribution in [1.29, 1.82) is 0 Å². The molecular formula is C16H39NO5Si4. The lowest BCUT2D eigenvalue weighted by Crippen LogP contribution is -2.60. The van der Waals surface area contributed by atoms with Gasteiger partial charge in [-0.1, -0.05) is 6.08 Å². The fraction of sp³-hybridized carbons (Fsp3) is 0.812. The molecule has 26 heavy (non-hydrogen) atoms. The van der Waals surface area contributed by atoms with Crippen LogP contribution in [-0.4, -0.2) is 46.5 Å². The maximum atomic E-state index is 11.6. The Balaban J connectivity index is 5.17. The Morgan fingerprint density at radius 2 is 1.27 bits per heavy atom. The fourth-order valence-electron chi connectivity index (χ4n) is 2.26. The molecule has 0 aromatic carbocycles. The molecule has 0 aromatic heterocycles. The average Bonchev–Trinajstić information content (AvgIpc) is 2.35. The van der Waals surface area contributed by atoms with Gasteiger partial charge in [-0.25, -0.2) is 4.79 Å². The molecule has 0 aliphatic carbocycles. The molecule has 0 aliphatic rings. The summed E-state index contributed by atoms with van der Waals surface area (Å²) in [7, 11) is -8.43.